The lowest BCUT2D eigenvalue weighted by Crippen LogP contribution is -2.26. The van der Waals surface area contributed by atoms with Crippen molar-refractivity contribution < 1.29 is 9.18 Å². The van der Waals surface area contributed by atoms with Crippen LogP contribution in [0.4, 0.5) is 15.8 Å². The van der Waals surface area contributed by atoms with Crippen LogP contribution >= 0.6 is 11.6 Å². The van der Waals surface area contributed by atoms with Crippen LogP contribution < -0.4 is 10.6 Å². The van der Waals surface area contributed by atoms with Crippen molar-refractivity contribution in [2.75, 3.05) is 11.9 Å². The van der Waals surface area contributed by atoms with Crippen LogP contribution in [0.25, 0.3) is 0 Å². The second-order valence-electron chi connectivity index (χ2n) is 5.67. The Morgan fingerprint density at radius 3 is 2.65 bits per heavy atom. The Morgan fingerprint density at radius 1 is 1.08 bits per heavy atom. The molecule has 132 valence electrons. The zero-order valence-corrected chi connectivity index (χ0v) is 14.6. The monoisotopic (exact) mass is 369 g/mol. The molecule has 1 aromatic heterocycles. The van der Waals surface area contributed by atoms with Gasteiger partial charge in [0.2, 0.25) is 0 Å². The summed E-state index contributed by atoms with van der Waals surface area (Å²) in [4.78, 5) is 16.3. The number of nitrogens with zero attached hydrogens (tertiary/aromatic N) is 1. The van der Waals surface area contributed by atoms with Crippen molar-refractivity contribution >= 4 is 28.9 Å². The molecule has 0 aliphatic rings. The zero-order valence-electron chi connectivity index (χ0n) is 13.9. The van der Waals surface area contributed by atoms with Gasteiger partial charge in [-0.05, 0) is 48.4 Å². The minimum atomic E-state index is -0.352. The van der Waals surface area contributed by atoms with E-state index in [2.05, 4.69) is 15.6 Å². The molecule has 0 unspecified atom stereocenters. The number of hydrogen-bond acceptors (Lipinski definition) is 3. The van der Waals surface area contributed by atoms with E-state index in [0.717, 1.165) is 5.56 Å². The van der Waals surface area contributed by atoms with Gasteiger partial charge >= 0.3 is 0 Å². The predicted octanol–water partition coefficient (Wildman–Crippen LogP) is 4.59. The van der Waals surface area contributed by atoms with Crippen molar-refractivity contribution in [1.29, 1.82) is 0 Å². The predicted molar refractivity (Wildman–Crippen MR) is 101 cm³/mol. The Bertz CT molecular complexity index is 900. The lowest BCUT2D eigenvalue weighted by Gasteiger charge is -2.08. The molecular formula is C20H17ClFN3O. The average molecular weight is 370 g/mol. The van der Waals surface area contributed by atoms with Crippen molar-refractivity contribution in [1.82, 2.24) is 10.3 Å². The van der Waals surface area contributed by atoms with E-state index in [1.807, 2.05) is 24.3 Å². The summed E-state index contributed by atoms with van der Waals surface area (Å²) in [6.07, 6.45) is 2.18. The van der Waals surface area contributed by atoms with Crippen molar-refractivity contribution in [2.45, 2.75) is 6.42 Å². The fraction of sp³-hybridized carbons (Fsp3) is 0.100. The SMILES string of the molecule is O=C(NCCc1cccc(Cl)c1)c1ccc(Nc2ccccc2F)cn1. The van der Waals surface area contributed by atoms with Gasteiger partial charge in [-0.3, -0.25) is 4.79 Å². The summed E-state index contributed by atoms with van der Waals surface area (Å²) < 4.78 is 13.6. The highest BCUT2D eigenvalue weighted by Crippen LogP contribution is 2.18. The number of hydrogen-bond donors (Lipinski definition) is 2. The summed E-state index contributed by atoms with van der Waals surface area (Å²) in [7, 11) is 0. The molecule has 0 saturated heterocycles. The first-order valence-electron chi connectivity index (χ1n) is 8.12. The Labute approximate surface area is 156 Å². The number of pyridine rings is 1. The van der Waals surface area contributed by atoms with E-state index in [1.165, 1.54) is 12.3 Å². The number of para-hydroxylation sites is 1. The molecule has 0 fully saturated rings. The first-order chi connectivity index (χ1) is 12.6. The molecule has 3 rings (SSSR count). The average Bonchev–Trinajstić information content (AvgIpc) is 2.64. The maximum Gasteiger partial charge on any atom is 0.269 e. The summed E-state index contributed by atoms with van der Waals surface area (Å²) in [5, 5.41) is 6.42. The van der Waals surface area contributed by atoms with Crippen LogP contribution in [-0.4, -0.2) is 17.4 Å². The number of aromatic nitrogens is 1. The van der Waals surface area contributed by atoms with Crippen molar-refractivity contribution in [3.8, 4) is 0 Å². The molecule has 2 aromatic carbocycles. The Hall–Kier alpha value is -2.92. The van der Waals surface area contributed by atoms with Crippen LogP contribution in [0.5, 0.6) is 0 Å². The minimum Gasteiger partial charge on any atom is -0.352 e. The van der Waals surface area contributed by atoms with Gasteiger partial charge in [0, 0.05) is 11.6 Å². The van der Waals surface area contributed by atoms with Crippen LogP contribution in [0.1, 0.15) is 16.1 Å². The van der Waals surface area contributed by atoms with Gasteiger partial charge in [-0.15, -0.1) is 0 Å². The second-order valence-corrected chi connectivity index (χ2v) is 6.11. The first kappa shape index (κ1) is 17.9. The van der Waals surface area contributed by atoms with Gasteiger partial charge in [0.15, 0.2) is 0 Å². The van der Waals surface area contributed by atoms with E-state index in [4.69, 9.17) is 11.6 Å². The molecule has 0 radical (unpaired) electrons. The van der Waals surface area contributed by atoms with Gasteiger partial charge in [-0.25, -0.2) is 9.37 Å². The Kier molecular flexibility index (Phi) is 5.81. The molecule has 0 aliphatic heterocycles. The van der Waals surface area contributed by atoms with E-state index in [0.29, 0.717) is 35.1 Å². The summed E-state index contributed by atoms with van der Waals surface area (Å²) >= 11 is 5.94. The molecule has 2 N–H and O–H groups in total. The number of benzene rings is 2. The number of carbonyl (C=O) groups is 1. The highest BCUT2D eigenvalue weighted by atomic mass is 35.5. The number of rotatable bonds is 6. The van der Waals surface area contributed by atoms with Crippen LogP contribution in [0.15, 0.2) is 66.9 Å². The lowest BCUT2D eigenvalue weighted by atomic mass is 10.1. The Balaban J connectivity index is 1.54. The smallest absolute Gasteiger partial charge is 0.269 e. The molecule has 0 spiro atoms. The second kappa shape index (κ2) is 8.45. The van der Waals surface area contributed by atoms with Crippen molar-refractivity contribution in [3.63, 3.8) is 0 Å². The lowest BCUT2D eigenvalue weighted by molar-refractivity contribution is 0.0949. The van der Waals surface area contributed by atoms with Gasteiger partial charge in [0.1, 0.15) is 11.5 Å². The largest absolute Gasteiger partial charge is 0.352 e. The molecule has 1 amide bonds. The standard InChI is InChI=1S/C20H17ClFN3O/c21-15-5-3-4-14(12-15)10-11-23-20(26)19-9-8-16(13-24-19)25-18-7-2-1-6-17(18)22/h1-9,12-13,25H,10-11H2,(H,23,26). The van der Waals surface area contributed by atoms with Gasteiger partial charge in [-0.2, -0.15) is 0 Å². The molecular weight excluding hydrogens is 353 g/mol. The van der Waals surface area contributed by atoms with Gasteiger partial charge in [-0.1, -0.05) is 35.9 Å². The van der Waals surface area contributed by atoms with Gasteiger partial charge in [0.25, 0.3) is 5.91 Å². The zero-order chi connectivity index (χ0) is 18.4. The molecule has 1 heterocycles. The molecule has 0 atom stereocenters. The first-order valence-corrected chi connectivity index (χ1v) is 8.50. The van der Waals surface area contributed by atoms with E-state index in [9.17, 15) is 9.18 Å². The fourth-order valence-corrected chi connectivity index (χ4v) is 2.64. The van der Waals surface area contributed by atoms with Crippen molar-refractivity contribution in [2.24, 2.45) is 0 Å². The molecule has 0 saturated carbocycles. The van der Waals surface area contributed by atoms with Crippen LogP contribution in [0.3, 0.4) is 0 Å². The molecule has 0 aliphatic carbocycles. The summed E-state index contributed by atoms with van der Waals surface area (Å²) in [6.45, 7) is 0.482. The van der Waals surface area contributed by atoms with E-state index in [-0.39, 0.29) is 11.7 Å². The van der Waals surface area contributed by atoms with Crippen LogP contribution in [-0.2, 0) is 6.42 Å². The minimum absolute atomic E-state index is 0.260. The molecule has 4 nitrogen and oxygen atoms in total. The molecule has 26 heavy (non-hydrogen) atoms. The quantitative estimate of drug-likeness (QED) is 0.668. The third-order valence-electron chi connectivity index (χ3n) is 3.74. The highest BCUT2D eigenvalue weighted by Gasteiger charge is 2.07. The number of anilines is 2. The maximum absolute atomic E-state index is 13.6. The number of nitrogens with one attached hydrogen (secondary N) is 2. The van der Waals surface area contributed by atoms with Crippen molar-refractivity contribution in [3.05, 3.63) is 89.0 Å². The fourth-order valence-electron chi connectivity index (χ4n) is 2.42. The topological polar surface area (TPSA) is 54.0 Å². The third kappa shape index (κ3) is 4.80. The maximum atomic E-state index is 13.6. The summed E-state index contributed by atoms with van der Waals surface area (Å²) in [6, 6.07) is 17.2. The van der Waals surface area contributed by atoms with Crippen LogP contribution in [0, 0.1) is 5.82 Å². The number of carbonyl (C=O) groups excluding carboxylic acids is 1. The molecule has 0 bridgehead atoms. The van der Waals surface area contributed by atoms with E-state index < -0.39 is 0 Å². The van der Waals surface area contributed by atoms with E-state index >= 15 is 0 Å². The van der Waals surface area contributed by atoms with Gasteiger partial charge in [0.05, 0.1) is 17.6 Å². The van der Waals surface area contributed by atoms with Gasteiger partial charge < -0.3 is 10.6 Å². The third-order valence-corrected chi connectivity index (χ3v) is 3.97. The molecule has 3 aromatic rings. The number of halogens is 2. The van der Waals surface area contributed by atoms with Crippen LogP contribution in [0.2, 0.25) is 5.02 Å². The number of amides is 1. The summed E-state index contributed by atoms with van der Waals surface area (Å²) in [5.74, 6) is -0.611. The van der Waals surface area contributed by atoms with E-state index in [1.54, 1.807) is 30.3 Å². The molecule has 6 heteroatoms. The highest BCUT2D eigenvalue weighted by molar-refractivity contribution is 6.30. The summed E-state index contributed by atoms with van der Waals surface area (Å²) in [5.41, 5.74) is 2.31. The Morgan fingerprint density at radius 2 is 1.92 bits per heavy atom. The normalized spacial score (nSPS) is 10.4.